The average molecular weight is 347 g/mol. The fourth-order valence-electron chi connectivity index (χ4n) is 2.95. The minimum atomic E-state index is -0.648. The third-order valence-corrected chi connectivity index (χ3v) is 4.49. The Kier molecular flexibility index (Phi) is 4.90. The number of rotatable bonds is 3. The predicted molar refractivity (Wildman–Crippen MR) is 88.6 cm³/mol. The number of likely N-dealkylation sites (tertiary alicyclic amines) is 1. The van der Waals surface area contributed by atoms with Gasteiger partial charge in [-0.05, 0) is 37.1 Å². The molecule has 1 unspecified atom stereocenters. The highest BCUT2D eigenvalue weighted by molar-refractivity contribution is 6.33. The molecule has 1 aromatic carbocycles. The topological polar surface area (TPSA) is 50.3 Å². The molecule has 6 heteroatoms. The molecule has 0 bridgehead atoms. The zero-order valence-corrected chi connectivity index (χ0v) is 13.7. The Morgan fingerprint density at radius 2 is 2.04 bits per heavy atom. The number of halogens is 2. The molecule has 1 aliphatic heterocycles. The lowest BCUT2D eigenvalue weighted by Gasteiger charge is -2.32. The molecule has 1 saturated heterocycles. The largest absolute Gasteiger partial charge is 0.338 e. The van der Waals surface area contributed by atoms with Crippen LogP contribution in [-0.4, -0.2) is 34.7 Å². The predicted octanol–water partition coefficient (Wildman–Crippen LogP) is 3.61. The van der Waals surface area contributed by atoms with Crippen LogP contribution in [0.5, 0.6) is 0 Å². The summed E-state index contributed by atoms with van der Waals surface area (Å²) in [5.41, 5.74) is 0.255. The molecule has 2 heterocycles. The second-order valence-electron chi connectivity index (χ2n) is 5.77. The minimum absolute atomic E-state index is 0.0816. The summed E-state index contributed by atoms with van der Waals surface area (Å²) in [7, 11) is 0. The van der Waals surface area contributed by atoms with Gasteiger partial charge in [0.1, 0.15) is 11.5 Å². The van der Waals surface area contributed by atoms with Gasteiger partial charge in [-0.1, -0.05) is 23.7 Å². The Balaban J connectivity index is 1.78. The summed E-state index contributed by atoms with van der Waals surface area (Å²) in [5.74, 6) is -1.54. The van der Waals surface area contributed by atoms with Crippen LogP contribution in [0.15, 0.2) is 42.6 Å². The lowest BCUT2D eigenvalue weighted by atomic mass is 9.91. The summed E-state index contributed by atoms with van der Waals surface area (Å²) in [4.78, 5) is 30.7. The number of nitrogens with zero attached hydrogens (tertiary/aromatic N) is 2. The number of aromatic nitrogens is 1. The van der Waals surface area contributed by atoms with Gasteiger partial charge in [-0.15, -0.1) is 0 Å². The number of benzene rings is 1. The van der Waals surface area contributed by atoms with Crippen LogP contribution in [0.4, 0.5) is 4.39 Å². The van der Waals surface area contributed by atoms with Crippen molar-refractivity contribution in [3.8, 4) is 0 Å². The lowest BCUT2D eigenvalue weighted by molar-refractivity contribution is 0.0632. The number of hydrogen-bond acceptors (Lipinski definition) is 3. The second kappa shape index (κ2) is 7.09. The number of carbonyl (C=O) groups is 2. The summed E-state index contributed by atoms with van der Waals surface area (Å²) >= 11 is 5.97. The number of Topliss-reactive ketones (excluding diaryl/α,β-unsaturated/α-hetero) is 1. The molecule has 124 valence electrons. The smallest absolute Gasteiger partial charge is 0.258 e. The number of ketones is 1. The molecule has 0 N–H and O–H groups in total. The van der Waals surface area contributed by atoms with E-state index < -0.39 is 11.7 Å². The van der Waals surface area contributed by atoms with Gasteiger partial charge in [-0.3, -0.25) is 14.6 Å². The van der Waals surface area contributed by atoms with Crippen molar-refractivity contribution in [2.75, 3.05) is 13.1 Å². The lowest BCUT2D eigenvalue weighted by Crippen LogP contribution is -2.42. The third kappa shape index (κ3) is 3.31. The zero-order chi connectivity index (χ0) is 17.1. The highest BCUT2D eigenvalue weighted by atomic mass is 35.5. The van der Waals surface area contributed by atoms with Crippen LogP contribution in [0, 0.1) is 11.7 Å². The molecule has 1 aliphatic rings. The molecule has 24 heavy (non-hydrogen) atoms. The summed E-state index contributed by atoms with van der Waals surface area (Å²) in [6.07, 6.45) is 2.93. The highest BCUT2D eigenvalue weighted by Crippen LogP contribution is 2.25. The van der Waals surface area contributed by atoms with E-state index in [2.05, 4.69) is 4.98 Å². The molecule has 2 aromatic rings. The first-order valence-electron chi connectivity index (χ1n) is 7.76. The van der Waals surface area contributed by atoms with Crippen LogP contribution in [0.3, 0.4) is 0 Å². The van der Waals surface area contributed by atoms with Crippen molar-refractivity contribution in [3.63, 3.8) is 0 Å². The van der Waals surface area contributed by atoms with Crippen molar-refractivity contribution in [1.29, 1.82) is 0 Å². The van der Waals surface area contributed by atoms with Crippen LogP contribution < -0.4 is 0 Å². The quantitative estimate of drug-likeness (QED) is 0.798. The molecule has 1 aromatic heterocycles. The van der Waals surface area contributed by atoms with E-state index in [1.54, 1.807) is 24.4 Å². The molecule has 0 aliphatic carbocycles. The van der Waals surface area contributed by atoms with Gasteiger partial charge in [-0.25, -0.2) is 4.39 Å². The molecular formula is C18H16ClFN2O2. The molecular weight excluding hydrogens is 331 g/mol. The molecule has 0 radical (unpaired) electrons. The van der Waals surface area contributed by atoms with Crippen molar-refractivity contribution >= 4 is 23.3 Å². The maximum Gasteiger partial charge on any atom is 0.258 e. The first-order chi connectivity index (χ1) is 11.6. The van der Waals surface area contributed by atoms with Gasteiger partial charge in [-0.2, -0.15) is 0 Å². The van der Waals surface area contributed by atoms with Crippen molar-refractivity contribution < 1.29 is 14.0 Å². The molecule has 0 saturated carbocycles. The molecule has 3 rings (SSSR count). The number of hydrogen-bond donors (Lipinski definition) is 0. The summed E-state index contributed by atoms with van der Waals surface area (Å²) in [6.45, 7) is 0.731. The van der Waals surface area contributed by atoms with E-state index in [0.717, 1.165) is 0 Å². The number of pyridine rings is 1. The number of piperidine rings is 1. The van der Waals surface area contributed by atoms with E-state index >= 15 is 0 Å². The highest BCUT2D eigenvalue weighted by Gasteiger charge is 2.31. The molecule has 4 nitrogen and oxygen atoms in total. The van der Waals surface area contributed by atoms with E-state index in [1.165, 1.54) is 23.1 Å². The summed E-state index contributed by atoms with van der Waals surface area (Å²) < 4.78 is 14.0. The van der Waals surface area contributed by atoms with Crippen LogP contribution >= 0.6 is 11.6 Å². The van der Waals surface area contributed by atoms with Crippen LogP contribution in [0.1, 0.15) is 33.7 Å². The molecule has 1 fully saturated rings. The van der Waals surface area contributed by atoms with Crippen molar-refractivity contribution in [2.24, 2.45) is 5.92 Å². The minimum Gasteiger partial charge on any atom is -0.338 e. The molecule has 1 amide bonds. The monoisotopic (exact) mass is 346 g/mol. The van der Waals surface area contributed by atoms with E-state index in [4.69, 9.17) is 11.6 Å². The Morgan fingerprint density at radius 3 is 2.75 bits per heavy atom. The Hall–Kier alpha value is -2.27. The van der Waals surface area contributed by atoms with Crippen molar-refractivity contribution in [3.05, 3.63) is 64.7 Å². The zero-order valence-electron chi connectivity index (χ0n) is 12.9. The van der Waals surface area contributed by atoms with Gasteiger partial charge in [0.05, 0.1) is 10.6 Å². The Morgan fingerprint density at radius 1 is 1.21 bits per heavy atom. The first kappa shape index (κ1) is 16.6. The van der Waals surface area contributed by atoms with Crippen LogP contribution in [0.2, 0.25) is 5.02 Å². The van der Waals surface area contributed by atoms with Gasteiger partial charge in [0.15, 0.2) is 5.78 Å². The first-order valence-corrected chi connectivity index (χ1v) is 8.14. The second-order valence-corrected chi connectivity index (χ2v) is 6.17. The molecule has 0 spiro atoms. The van der Waals surface area contributed by atoms with E-state index in [-0.39, 0.29) is 28.8 Å². The normalized spacial score (nSPS) is 17.6. The van der Waals surface area contributed by atoms with Crippen LogP contribution in [-0.2, 0) is 0 Å². The Bertz CT molecular complexity index is 747. The standard InChI is InChI=1S/C18H16ClFN2O2/c19-13-6-3-7-14(20)16(13)18(24)22-10-4-5-12(11-22)17(23)15-8-1-2-9-21-15/h1-3,6-9,12H,4-5,10-11H2. The van der Waals surface area contributed by atoms with Gasteiger partial charge < -0.3 is 4.90 Å². The van der Waals surface area contributed by atoms with E-state index in [1.807, 2.05) is 0 Å². The number of amides is 1. The maximum absolute atomic E-state index is 14.0. The van der Waals surface area contributed by atoms with Crippen molar-refractivity contribution in [2.45, 2.75) is 12.8 Å². The maximum atomic E-state index is 14.0. The van der Waals surface area contributed by atoms with Gasteiger partial charge in [0.2, 0.25) is 0 Å². The molecule has 1 atom stereocenters. The summed E-state index contributed by atoms with van der Waals surface area (Å²) in [5, 5.41) is 0.0816. The van der Waals surface area contributed by atoms with Gasteiger partial charge in [0.25, 0.3) is 5.91 Å². The third-order valence-electron chi connectivity index (χ3n) is 4.17. The van der Waals surface area contributed by atoms with Crippen LogP contribution in [0.25, 0.3) is 0 Å². The van der Waals surface area contributed by atoms with Crippen molar-refractivity contribution in [1.82, 2.24) is 9.88 Å². The van der Waals surface area contributed by atoms with E-state index in [0.29, 0.717) is 25.1 Å². The van der Waals surface area contributed by atoms with Gasteiger partial charge in [0, 0.05) is 25.2 Å². The van der Waals surface area contributed by atoms with Gasteiger partial charge >= 0.3 is 0 Å². The SMILES string of the molecule is O=C(c1ccccn1)C1CCCN(C(=O)c2c(F)cccc2Cl)C1. The van der Waals surface area contributed by atoms with E-state index in [9.17, 15) is 14.0 Å². The Labute approximate surface area is 144 Å². The fourth-order valence-corrected chi connectivity index (χ4v) is 3.20. The number of carbonyl (C=O) groups excluding carboxylic acids is 2. The summed E-state index contributed by atoms with van der Waals surface area (Å²) in [6, 6.07) is 9.31. The fraction of sp³-hybridized carbons (Fsp3) is 0.278. The average Bonchev–Trinajstić information content (AvgIpc) is 2.61.